The summed E-state index contributed by atoms with van der Waals surface area (Å²) in [6, 6.07) is 16.4. The summed E-state index contributed by atoms with van der Waals surface area (Å²) in [5.74, 6) is 1.84. The van der Waals surface area contributed by atoms with E-state index in [9.17, 15) is 4.79 Å². The van der Waals surface area contributed by atoms with Crippen molar-refractivity contribution in [3.63, 3.8) is 0 Å². The van der Waals surface area contributed by atoms with Gasteiger partial charge in [0.05, 0.1) is 19.5 Å². The van der Waals surface area contributed by atoms with E-state index in [1.807, 2.05) is 30.3 Å². The Bertz CT molecular complexity index is 1030. The fourth-order valence-electron chi connectivity index (χ4n) is 3.75. The second-order valence-electron chi connectivity index (χ2n) is 7.68. The van der Waals surface area contributed by atoms with Crippen LogP contribution in [0.15, 0.2) is 65.3 Å². The first kappa shape index (κ1) is 22.2. The molecule has 0 radical (unpaired) electrons. The molecular formula is C25H26ClNO5. The number of methoxy groups -OCH3 is 1. The van der Waals surface area contributed by atoms with E-state index in [4.69, 9.17) is 30.2 Å². The van der Waals surface area contributed by atoms with Crippen LogP contribution in [0.2, 0.25) is 5.02 Å². The van der Waals surface area contributed by atoms with E-state index >= 15 is 0 Å². The maximum Gasteiger partial charge on any atom is 0.254 e. The third-order valence-corrected chi connectivity index (χ3v) is 5.59. The highest BCUT2D eigenvalue weighted by Crippen LogP contribution is 2.30. The van der Waals surface area contributed by atoms with Crippen LogP contribution in [0.5, 0.6) is 11.5 Å². The summed E-state index contributed by atoms with van der Waals surface area (Å²) >= 11 is 6.12. The largest absolute Gasteiger partial charge is 0.493 e. The predicted octanol–water partition coefficient (Wildman–Crippen LogP) is 5.34. The van der Waals surface area contributed by atoms with Crippen molar-refractivity contribution < 1.29 is 23.4 Å². The zero-order valence-corrected chi connectivity index (χ0v) is 18.7. The Morgan fingerprint density at radius 3 is 2.78 bits per heavy atom. The summed E-state index contributed by atoms with van der Waals surface area (Å²) < 4.78 is 22.5. The van der Waals surface area contributed by atoms with Gasteiger partial charge in [0.2, 0.25) is 0 Å². The highest BCUT2D eigenvalue weighted by molar-refractivity contribution is 6.30. The van der Waals surface area contributed by atoms with Crippen molar-refractivity contribution in [3.8, 4) is 11.5 Å². The average molecular weight is 456 g/mol. The molecule has 1 unspecified atom stereocenters. The van der Waals surface area contributed by atoms with Crippen molar-refractivity contribution in [1.29, 1.82) is 0 Å². The smallest absolute Gasteiger partial charge is 0.254 e. The summed E-state index contributed by atoms with van der Waals surface area (Å²) in [5.41, 5.74) is 1.48. The van der Waals surface area contributed by atoms with Crippen LogP contribution in [0.25, 0.3) is 0 Å². The number of hydrogen-bond donors (Lipinski definition) is 0. The Labute approximate surface area is 192 Å². The van der Waals surface area contributed by atoms with Crippen molar-refractivity contribution in [2.45, 2.75) is 32.1 Å². The quantitative estimate of drug-likeness (QED) is 0.435. The summed E-state index contributed by atoms with van der Waals surface area (Å²) in [5, 5.41) is 0.533. The van der Waals surface area contributed by atoms with Gasteiger partial charge in [0.1, 0.15) is 12.4 Å². The Hall–Kier alpha value is -2.96. The molecule has 1 aromatic heterocycles. The van der Waals surface area contributed by atoms with E-state index < -0.39 is 0 Å². The number of ether oxygens (including phenoxy) is 3. The molecule has 1 saturated heterocycles. The van der Waals surface area contributed by atoms with Crippen LogP contribution in [-0.2, 0) is 17.9 Å². The molecule has 0 N–H and O–H groups in total. The Morgan fingerprint density at radius 1 is 1.16 bits per heavy atom. The normalized spacial score (nSPS) is 15.5. The number of benzene rings is 2. The van der Waals surface area contributed by atoms with Crippen LogP contribution in [0.4, 0.5) is 0 Å². The van der Waals surface area contributed by atoms with E-state index in [2.05, 4.69) is 0 Å². The van der Waals surface area contributed by atoms with Gasteiger partial charge in [0.25, 0.3) is 5.91 Å². The standard InChI is InChI=1S/C25H26ClNO5/c1-29-23-10-9-18(13-24(23)32-17-22-8-4-12-31-22)15-27(16-21-7-3-11-30-21)25(28)19-5-2-6-20(26)14-19/h2,4-6,8-10,12-14,21H,3,7,11,15-17H2,1H3. The third-order valence-electron chi connectivity index (χ3n) is 5.36. The van der Waals surface area contributed by atoms with Gasteiger partial charge >= 0.3 is 0 Å². The number of rotatable bonds is 9. The van der Waals surface area contributed by atoms with Gasteiger partial charge in [0.15, 0.2) is 11.5 Å². The molecular weight excluding hydrogens is 430 g/mol. The summed E-state index contributed by atoms with van der Waals surface area (Å²) in [6.07, 6.45) is 3.60. The monoisotopic (exact) mass is 455 g/mol. The van der Waals surface area contributed by atoms with Gasteiger partial charge < -0.3 is 23.5 Å². The SMILES string of the molecule is COc1ccc(CN(CC2CCCO2)C(=O)c2cccc(Cl)c2)cc1OCc1ccco1. The number of furan rings is 1. The molecule has 1 aliphatic heterocycles. The van der Waals surface area contributed by atoms with Crippen LogP contribution < -0.4 is 9.47 Å². The molecule has 1 aliphatic rings. The topological polar surface area (TPSA) is 61.1 Å². The fourth-order valence-corrected chi connectivity index (χ4v) is 3.94. The molecule has 168 valence electrons. The minimum absolute atomic E-state index is 0.0334. The molecule has 1 amide bonds. The number of carbonyl (C=O) groups excluding carboxylic acids is 1. The van der Waals surface area contributed by atoms with Gasteiger partial charge in [-0.15, -0.1) is 0 Å². The first-order valence-electron chi connectivity index (χ1n) is 10.6. The number of hydrogen-bond acceptors (Lipinski definition) is 5. The maximum absolute atomic E-state index is 13.3. The number of carbonyl (C=O) groups is 1. The van der Waals surface area contributed by atoms with Crippen molar-refractivity contribution in [2.24, 2.45) is 0 Å². The number of halogens is 1. The first-order chi connectivity index (χ1) is 15.6. The third kappa shape index (κ3) is 5.64. The number of nitrogens with zero attached hydrogens (tertiary/aromatic N) is 1. The summed E-state index contributed by atoms with van der Waals surface area (Å²) in [4.78, 5) is 15.1. The summed E-state index contributed by atoms with van der Waals surface area (Å²) in [6.45, 7) is 1.94. The molecule has 2 heterocycles. The molecule has 0 aliphatic carbocycles. The van der Waals surface area contributed by atoms with E-state index in [0.717, 1.165) is 25.0 Å². The Morgan fingerprint density at radius 2 is 2.06 bits per heavy atom. The lowest BCUT2D eigenvalue weighted by Gasteiger charge is -2.26. The Kier molecular flexibility index (Phi) is 7.35. The highest BCUT2D eigenvalue weighted by Gasteiger charge is 2.24. The lowest BCUT2D eigenvalue weighted by Crippen LogP contribution is -2.37. The molecule has 1 fully saturated rings. The van der Waals surface area contributed by atoms with E-state index in [1.54, 1.807) is 42.5 Å². The van der Waals surface area contributed by atoms with Crippen molar-refractivity contribution >= 4 is 17.5 Å². The van der Waals surface area contributed by atoms with Gasteiger partial charge in [-0.3, -0.25) is 4.79 Å². The highest BCUT2D eigenvalue weighted by atomic mass is 35.5. The second kappa shape index (κ2) is 10.6. The molecule has 1 atom stereocenters. The fraction of sp³-hybridized carbons (Fsp3) is 0.320. The lowest BCUT2D eigenvalue weighted by molar-refractivity contribution is 0.0507. The van der Waals surface area contributed by atoms with Gasteiger partial charge in [-0.2, -0.15) is 0 Å². The predicted molar refractivity (Wildman–Crippen MR) is 121 cm³/mol. The molecule has 0 spiro atoms. The van der Waals surface area contributed by atoms with Gasteiger partial charge in [-0.05, 0) is 60.9 Å². The summed E-state index contributed by atoms with van der Waals surface area (Å²) in [7, 11) is 1.60. The molecule has 32 heavy (non-hydrogen) atoms. The van der Waals surface area contributed by atoms with Crippen LogP contribution in [0.3, 0.4) is 0 Å². The maximum atomic E-state index is 13.3. The molecule has 3 aromatic rings. The van der Waals surface area contributed by atoms with Crippen LogP contribution in [0, 0.1) is 0 Å². The van der Waals surface area contributed by atoms with Crippen molar-refractivity contribution in [3.05, 3.63) is 82.8 Å². The lowest BCUT2D eigenvalue weighted by atomic mass is 10.1. The minimum atomic E-state index is -0.0862. The first-order valence-corrected chi connectivity index (χ1v) is 11.0. The van der Waals surface area contributed by atoms with Crippen molar-refractivity contribution in [1.82, 2.24) is 4.90 Å². The second-order valence-corrected chi connectivity index (χ2v) is 8.12. The van der Waals surface area contributed by atoms with E-state index in [1.165, 1.54) is 0 Å². The molecule has 2 aromatic carbocycles. The van der Waals surface area contributed by atoms with Gasteiger partial charge in [-0.1, -0.05) is 23.7 Å². The van der Waals surface area contributed by atoms with E-state index in [-0.39, 0.29) is 18.6 Å². The van der Waals surface area contributed by atoms with Crippen LogP contribution in [0.1, 0.15) is 34.5 Å². The molecule has 4 rings (SSSR count). The average Bonchev–Trinajstić information content (AvgIpc) is 3.51. The molecule has 7 heteroatoms. The van der Waals surface area contributed by atoms with Crippen LogP contribution in [-0.4, -0.2) is 37.2 Å². The molecule has 0 bridgehead atoms. The Balaban J connectivity index is 1.54. The minimum Gasteiger partial charge on any atom is -0.493 e. The van der Waals surface area contributed by atoms with Crippen LogP contribution >= 0.6 is 11.6 Å². The molecule has 0 saturated carbocycles. The number of amides is 1. The van der Waals surface area contributed by atoms with Gasteiger partial charge in [0, 0.05) is 30.3 Å². The molecule has 6 nitrogen and oxygen atoms in total. The van der Waals surface area contributed by atoms with Crippen molar-refractivity contribution in [2.75, 3.05) is 20.3 Å². The zero-order valence-electron chi connectivity index (χ0n) is 18.0. The van der Waals surface area contributed by atoms with Gasteiger partial charge in [-0.25, -0.2) is 0 Å². The zero-order chi connectivity index (χ0) is 22.3. The van der Waals surface area contributed by atoms with E-state index in [0.29, 0.717) is 40.9 Å².